The summed E-state index contributed by atoms with van der Waals surface area (Å²) in [6.45, 7) is 6.68. The maximum Gasteiger partial charge on any atom is 0.130 e. The highest BCUT2D eigenvalue weighted by molar-refractivity contribution is 5.46. The Kier molecular flexibility index (Phi) is 4.59. The average molecular weight is 221 g/mol. The van der Waals surface area contributed by atoms with Crippen molar-refractivity contribution in [2.75, 3.05) is 24.3 Å². The monoisotopic (exact) mass is 221 g/mol. The second-order valence-electron chi connectivity index (χ2n) is 4.59. The lowest BCUT2D eigenvalue weighted by Crippen LogP contribution is -2.24. The van der Waals surface area contributed by atoms with Crippen LogP contribution < -0.4 is 10.2 Å². The zero-order valence-corrected chi connectivity index (χ0v) is 11.0. The number of hydrogen-bond donors (Lipinski definition) is 1. The number of rotatable bonds is 5. The van der Waals surface area contributed by atoms with Gasteiger partial charge in [0.25, 0.3) is 0 Å². The fourth-order valence-corrected chi connectivity index (χ4v) is 1.48. The lowest BCUT2D eigenvalue weighted by Gasteiger charge is -2.21. The van der Waals surface area contributed by atoms with E-state index in [1.165, 1.54) is 6.42 Å². The number of aromatic nitrogens is 1. The fraction of sp³-hybridized carbons (Fsp3) is 0.615. The fourth-order valence-electron chi connectivity index (χ4n) is 1.48. The smallest absolute Gasteiger partial charge is 0.130 e. The molecule has 1 heterocycles. The first-order valence-electron chi connectivity index (χ1n) is 5.95. The van der Waals surface area contributed by atoms with Gasteiger partial charge in [-0.2, -0.15) is 0 Å². The Labute approximate surface area is 98.9 Å². The van der Waals surface area contributed by atoms with E-state index in [-0.39, 0.29) is 0 Å². The van der Waals surface area contributed by atoms with Crippen molar-refractivity contribution in [3.05, 3.63) is 18.2 Å². The van der Waals surface area contributed by atoms with Gasteiger partial charge in [0.05, 0.1) is 0 Å². The molecule has 0 radical (unpaired) electrons. The van der Waals surface area contributed by atoms with Crippen LogP contribution in [0.1, 0.15) is 27.2 Å². The van der Waals surface area contributed by atoms with Gasteiger partial charge in [0, 0.05) is 20.1 Å². The van der Waals surface area contributed by atoms with E-state index in [2.05, 4.69) is 31.1 Å². The molecule has 0 aliphatic rings. The van der Waals surface area contributed by atoms with Gasteiger partial charge < -0.3 is 10.2 Å². The molecule has 1 aromatic rings. The molecule has 0 fully saturated rings. The van der Waals surface area contributed by atoms with Crippen LogP contribution in [0.25, 0.3) is 0 Å². The molecule has 1 aromatic heterocycles. The molecule has 0 bridgehead atoms. The van der Waals surface area contributed by atoms with Crippen molar-refractivity contribution < 1.29 is 0 Å². The average Bonchev–Trinajstić information content (AvgIpc) is 2.28. The third-order valence-corrected chi connectivity index (χ3v) is 3.07. The van der Waals surface area contributed by atoms with Crippen LogP contribution in [-0.4, -0.2) is 25.1 Å². The van der Waals surface area contributed by atoms with Crippen molar-refractivity contribution in [1.29, 1.82) is 0 Å². The summed E-state index contributed by atoms with van der Waals surface area (Å²) >= 11 is 0. The van der Waals surface area contributed by atoms with Crippen molar-refractivity contribution in [2.45, 2.75) is 33.2 Å². The van der Waals surface area contributed by atoms with Crippen LogP contribution in [0.2, 0.25) is 0 Å². The molecule has 16 heavy (non-hydrogen) atoms. The van der Waals surface area contributed by atoms with Crippen LogP contribution in [0.3, 0.4) is 0 Å². The molecule has 0 saturated carbocycles. The van der Waals surface area contributed by atoms with E-state index in [4.69, 9.17) is 0 Å². The summed E-state index contributed by atoms with van der Waals surface area (Å²) < 4.78 is 0. The molecular weight excluding hydrogens is 198 g/mol. The zero-order valence-electron chi connectivity index (χ0n) is 11.0. The van der Waals surface area contributed by atoms with Gasteiger partial charge in [0.15, 0.2) is 0 Å². The van der Waals surface area contributed by atoms with Crippen LogP contribution in [-0.2, 0) is 0 Å². The van der Waals surface area contributed by atoms with Crippen LogP contribution >= 0.6 is 0 Å². The maximum atomic E-state index is 4.54. The molecule has 3 nitrogen and oxygen atoms in total. The van der Waals surface area contributed by atoms with Crippen LogP contribution in [0.15, 0.2) is 18.2 Å². The van der Waals surface area contributed by atoms with Crippen molar-refractivity contribution >= 4 is 11.6 Å². The Morgan fingerprint density at radius 2 is 2.00 bits per heavy atom. The Morgan fingerprint density at radius 1 is 1.31 bits per heavy atom. The molecule has 2 atom stereocenters. The highest BCUT2D eigenvalue weighted by atomic mass is 15.2. The van der Waals surface area contributed by atoms with Gasteiger partial charge in [0.2, 0.25) is 0 Å². The first-order valence-corrected chi connectivity index (χ1v) is 5.95. The first kappa shape index (κ1) is 12.8. The minimum atomic E-state index is 0.454. The summed E-state index contributed by atoms with van der Waals surface area (Å²) in [5.74, 6) is 2.60. The molecule has 0 amide bonds. The lowest BCUT2D eigenvalue weighted by molar-refractivity contribution is 0.493. The molecule has 0 aliphatic carbocycles. The van der Waals surface area contributed by atoms with Crippen LogP contribution in [0, 0.1) is 5.92 Å². The molecule has 3 heteroatoms. The number of pyridine rings is 1. The Morgan fingerprint density at radius 3 is 2.56 bits per heavy atom. The van der Waals surface area contributed by atoms with Gasteiger partial charge in [-0.3, -0.25) is 0 Å². The van der Waals surface area contributed by atoms with Gasteiger partial charge in [-0.05, 0) is 25.0 Å². The number of nitrogens with one attached hydrogen (secondary N) is 1. The number of anilines is 2. The van der Waals surface area contributed by atoms with Gasteiger partial charge in [-0.25, -0.2) is 4.98 Å². The summed E-state index contributed by atoms with van der Waals surface area (Å²) in [7, 11) is 4.01. The Hall–Kier alpha value is -1.25. The summed E-state index contributed by atoms with van der Waals surface area (Å²) in [5.41, 5.74) is 0. The standard InChI is InChI=1S/C13H23N3/c1-6-10(2)11(3)14-12-8-7-9-13(15-12)16(4)5/h7-11H,6H2,1-5H3,(H,14,15). The van der Waals surface area contributed by atoms with Crippen LogP contribution in [0.5, 0.6) is 0 Å². The van der Waals surface area contributed by atoms with E-state index < -0.39 is 0 Å². The molecule has 2 unspecified atom stereocenters. The van der Waals surface area contributed by atoms with Crippen molar-refractivity contribution in [3.8, 4) is 0 Å². The van der Waals surface area contributed by atoms with E-state index in [0.29, 0.717) is 12.0 Å². The van der Waals surface area contributed by atoms with E-state index in [1.807, 2.05) is 37.2 Å². The van der Waals surface area contributed by atoms with Crippen molar-refractivity contribution in [1.82, 2.24) is 4.98 Å². The summed E-state index contributed by atoms with van der Waals surface area (Å²) in [4.78, 5) is 6.56. The lowest BCUT2D eigenvalue weighted by atomic mass is 10.0. The number of hydrogen-bond acceptors (Lipinski definition) is 3. The minimum absolute atomic E-state index is 0.454. The predicted octanol–water partition coefficient (Wildman–Crippen LogP) is 2.99. The van der Waals surface area contributed by atoms with Gasteiger partial charge in [-0.1, -0.05) is 26.3 Å². The molecule has 0 aromatic carbocycles. The maximum absolute atomic E-state index is 4.54. The summed E-state index contributed by atoms with van der Waals surface area (Å²) in [6.07, 6.45) is 1.18. The molecule has 1 rings (SSSR count). The van der Waals surface area contributed by atoms with Gasteiger partial charge in [0.1, 0.15) is 11.6 Å². The van der Waals surface area contributed by atoms with Gasteiger partial charge in [-0.15, -0.1) is 0 Å². The SMILES string of the molecule is CCC(C)C(C)Nc1cccc(N(C)C)n1. The largest absolute Gasteiger partial charge is 0.367 e. The quantitative estimate of drug-likeness (QED) is 0.828. The molecule has 0 aliphatic heterocycles. The zero-order chi connectivity index (χ0) is 12.1. The highest BCUT2D eigenvalue weighted by Gasteiger charge is 2.10. The molecule has 0 saturated heterocycles. The summed E-state index contributed by atoms with van der Waals surface area (Å²) in [6, 6.07) is 6.52. The number of nitrogens with zero attached hydrogens (tertiary/aromatic N) is 2. The van der Waals surface area contributed by atoms with E-state index in [9.17, 15) is 0 Å². The molecule has 90 valence electrons. The topological polar surface area (TPSA) is 28.2 Å². The van der Waals surface area contributed by atoms with E-state index in [0.717, 1.165) is 11.6 Å². The normalized spacial score (nSPS) is 14.3. The van der Waals surface area contributed by atoms with Gasteiger partial charge >= 0.3 is 0 Å². The Balaban J connectivity index is 2.70. The Bertz CT molecular complexity index is 323. The van der Waals surface area contributed by atoms with E-state index in [1.54, 1.807) is 0 Å². The van der Waals surface area contributed by atoms with E-state index >= 15 is 0 Å². The summed E-state index contributed by atoms with van der Waals surface area (Å²) in [5, 5.41) is 3.45. The minimum Gasteiger partial charge on any atom is -0.367 e. The van der Waals surface area contributed by atoms with Crippen LogP contribution in [0.4, 0.5) is 11.6 Å². The van der Waals surface area contributed by atoms with Crippen molar-refractivity contribution in [3.63, 3.8) is 0 Å². The second-order valence-corrected chi connectivity index (χ2v) is 4.59. The highest BCUT2D eigenvalue weighted by Crippen LogP contribution is 2.16. The molecule has 1 N–H and O–H groups in total. The van der Waals surface area contributed by atoms with Crippen molar-refractivity contribution in [2.24, 2.45) is 5.92 Å². The molecule has 0 spiro atoms. The third-order valence-electron chi connectivity index (χ3n) is 3.07. The molecular formula is C13H23N3. The first-order chi connectivity index (χ1) is 7.54. The second kappa shape index (κ2) is 5.73. The third kappa shape index (κ3) is 3.40. The predicted molar refractivity (Wildman–Crippen MR) is 71.1 cm³/mol.